The Balaban J connectivity index is 2.72. The molecular formula is C10H11BrN2. The normalized spacial score (nSPS) is 12.1. The SMILES string of the molecule is C[C@H](NCC#N)c1ccccc1Br. The van der Waals surface area contributed by atoms with Gasteiger partial charge < -0.3 is 0 Å². The van der Waals surface area contributed by atoms with Crippen molar-refractivity contribution < 1.29 is 0 Å². The van der Waals surface area contributed by atoms with Gasteiger partial charge >= 0.3 is 0 Å². The Hall–Kier alpha value is -0.850. The lowest BCUT2D eigenvalue weighted by atomic mass is 10.1. The number of nitrogens with one attached hydrogen (secondary N) is 1. The van der Waals surface area contributed by atoms with Gasteiger partial charge in [-0.1, -0.05) is 34.1 Å². The molecule has 0 saturated carbocycles. The summed E-state index contributed by atoms with van der Waals surface area (Å²) in [6.45, 7) is 2.42. The third-order valence-electron chi connectivity index (χ3n) is 1.86. The lowest BCUT2D eigenvalue weighted by molar-refractivity contribution is 0.619. The molecule has 0 aliphatic carbocycles. The summed E-state index contributed by atoms with van der Waals surface area (Å²) in [4.78, 5) is 0. The topological polar surface area (TPSA) is 35.8 Å². The molecule has 0 aliphatic heterocycles. The Kier molecular flexibility index (Phi) is 3.94. The largest absolute Gasteiger partial charge is 0.298 e. The quantitative estimate of drug-likeness (QED) is 0.823. The minimum absolute atomic E-state index is 0.204. The van der Waals surface area contributed by atoms with Crippen LogP contribution in [0.1, 0.15) is 18.5 Å². The molecule has 0 heterocycles. The van der Waals surface area contributed by atoms with Crippen molar-refractivity contribution in [3.05, 3.63) is 34.3 Å². The molecule has 0 amide bonds. The standard InChI is InChI=1S/C10H11BrN2/c1-8(13-7-6-12)9-4-2-3-5-10(9)11/h2-5,8,13H,7H2,1H3/t8-/m0/s1. The van der Waals surface area contributed by atoms with Crippen LogP contribution in [0.2, 0.25) is 0 Å². The Bertz CT molecular complexity index is 317. The Labute approximate surface area is 86.7 Å². The summed E-state index contributed by atoms with van der Waals surface area (Å²) >= 11 is 3.47. The molecule has 0 spiro atoms. The zero-order valence-electron chi connectivity index (χ0n) is 7.42. The molecule has 0 saturated heterocycles. The molecule has 3 heteroatoms. The molecular weight excluding hydrogens is 228 g/mol. The van der Waals surface area contributed by atoms with Gasteiger partial charge in [-0.15, -0.1) is 0 Å². The van der Waals surface area contributed by atoms with Gasteiger partial charge in [-0.25, -0.2) is 0 Å². The number of nitriles is 1. The molecule has 0 unspecified atom stereocenters. The average Bonchev–Trinajstić information content (AvgIpc) is 2.15. The summed E-state index contributed by atoms with van der Waals surface area (Å²) in [7, 11) is 0. The van der Waals surface area contributed by atoms with E-state index in [1.807, 2.05) is 31.2 Å². The molecule has 0 aliphatic rings. The van der Waals surface area contributed by atoms with E-state index in [0.29, 0.717) is 6.54 Å². The zero-order valence-corrected chi connectivity index (χ0v) is 9.01. The second kappa shape index (κ2) is 5.00. The molecule has 68 valence electrons. The predicted molar refractivity (Wildman–Crippen MR) is 56.2 cm³/mol. The fourth-order valence-electron chi connectivity index (χ4n) is 1.13. The van der Waals surface area contributed by atoms with Crippen molar-refractivity contribution >= 4 is 15.9 Å². The molecule has 1 atom stereocenters. The van der Waals surface area contributed by atoms with Crippen molar-refractivity contribution in [2.24, 2.45) is 0 Å². The third-order valence-corrected chi connectivity index (χ3v) is 2.58. The lowest BCUT2D eigenvalue weighted by Gasteiger charge is -2.13. The van der Waals surface area contributed by atoms with E-state index >= 15 is 0 Å². The van der Waals surface area contributed by atoms with Gasteiger partial charge in [0.15, 0.2) is 0 Å². The van der Waals surface area contributed by atoms with Crippen LogP contribution in [0, 0.1) is 11.3 Å². The maximum Gasteiger partial charge on any atom is 0.0845 e. The molecule has 0 aromatic heterocycles. The number of rotatable bonds is 3. The first-order valence-corrected chi connectivity index (χ1v) is 4.89. The monoisotopic (exact) mass is 238 g/mol. The fourth-order valence-corrected chi connectivity index (χ4v) is 1.76. The summed E-state index contributed by atoms with van der Waals surface area (Å²) in [5.74, 6) is 0. The molecule has 0 fully saturated rings. The van der Waals surface area contributed by atoms with Gasteiger partial charge in [0.05, 0.1) is 12.6 Å². The number of halogens is 1. The summed E-state index contributed by atoms with van der Waals surface area (Å²) in [6, 6.07) is 10.3. The van der Waals surface area contributed by atoms with Crippen LogP contribution in [0.3, 0.4) is 0 Å². The number of hydrogen-bond donors (Lipinski definition) is 1. The van der Waals surface area contributed by atoms with Crippen molar-refractivity contribution in [3.63, 3.8) is 0 Å². The molecule has 1 N–H and O–H groups in total. The highest BCUT2D eigenvalue weighted by atomic mass is 79.9. The molecule has 13 heavy (non-hydrogen) atoms. The van der Waals surface area contributed by atoms with Crippen molar-refractivity contribution in [2.75, 3.05) is 6.54 Å². The van der Waals surface area contributed by atoms with E-state index in [1.165, 1.54) is 5.56 Å². The summed E-state index contributed by atoms with van der Waals surface area (Å²) in [5, 5.41) is 11.5. The van der Waals surface area contributed by atoms with Gasteiger partial charge in [-0.05, 0) is 18.6 Å². The number of nitrogens with zero attached hydrogens (tertiary/aromatic N) is 1. The maximum atomic E-state index is 8.41. The van der Waals surface area contributed by atoms with Gasteiger partial charge in [0.25, 0.3) is 0 Å². The van der Waals surface area contributed by atoms with E-state index in [4.69, 9.17) is 5.26 Å². The molecule has 0 bridgehead atoms. The van der Waals surface area contributed by atoms with Crippen LogP contribution in [0.15, 0.2) is 28.7 Å². The number of hydrogen-bond acceptors (Lipinski definition) is 2. The van der Waals surface area contributed by atoms with E-state index in [1.54, 1.807) is 0 Å². The summed E-state index contributed by atoms with van der Waals surface area (Å²) in [5.41, 5.74) is 1.18. The van der Waals surface area contributed by atoms with E-state index in [0.717, 1.165) is 4.47 Å². The first kappa shape index (κ1) is 10.2. The van der Waals surface area contributed by atoms with Gasteiger partial charge in [0, 0.05) is 10.5 Å². The van der Waals surface area contributed by atoms with Gasteiger partial charge in [0.2, 0.25) is 0 Å². The van der Waals surface area contributed by atoms with Gasteiger partial charge in [-0.3, -0.25) is 5.32 Å². The zero-order chi connectivity index (χ0) is 9.68. The van der Waals surface area contributed by atoms with Crippen LogP contribution in [0.25, 0.3) is 0 Å². The van der Waals surface area contributed by atoms with Crippen LogP contribution < -0.4 is 5.32 Å². The molecule has 0 radical (unpaired) electrons. The van der Waals surface area contributed by atoms with E-state index < -0.39 is 0 Å². The van der Waals surface area contributed by atoms with E-state index in [9.17, 15) is 0 Å². The predicted octanol–water partition coefficient (Wildman–Crippen LogP) is 2.62. The minimum atomic E-state index is 0.204. The van der Waals surface area contributed by atoms with E-state index in [-0.39, 0.29) is 6.04 Å². The van der Waals surface area contributed by atoms with Gasteiger partial charge in [0.1, 0.15) is 0 Å². The molecule has 1 rings (SSSR count). The minimum Gasteiger partial charge on any atom is -0.298 e. The van der Waals surface area contributed by atoms with Crippen LogP contribution in [0.4, 0.5) is 0 Å². The molecule has 2 nitrogen and oxygen atoms in total. The third kappa shape index (κ3) is 2.83. The molecule has 1 aromatic carbocycles. The molecule has 1 aromatic rings. The van der Waals surface area contributed by atoms with Crippen molar-refractivity contribution in [2.45, 2.75) is 13.0 Å². The van der Waals surface area contributed by atoms with Crippen molar-refractivity contribution in [3.8, 4) is 6.07 Å². The highest BCUT2D eigenvalue weighted by Gasteiger charge is 2.06. The summed E-state index contributed by atoms with van der Waals surface area (Å²) in [6.07, 6.45) is 0. The average molecular weight is 239 g/mol. The van der Waals surface area contributed by atoms with Gasteiger partial charge in [-0.2, -0.15) is 5.26 Å². The Morgan fingerprint density at radius 1 is 1.54 bits per heavy atom. The first-order valence-electron chi connectivity index (χ1n) is 4.10. The number of benzene rings is 1. The van der Waals surface area contributed by atoms with Crippen molar-refractivity contribution in [1.82, 2.24) is 5.32 Å². The smallest absolute Gasteiger partial charge is 0.0845 e. The van der Waals surface area contributed by atoms with Crippen LogP contribution in [-0.4, -0.2) is 6.54 Å². The fraction of sp³-hybridized carbons (Fsp3) is 0.300. The lowest BCUT2D eigenvalue weighted by Crippen LogP contribution is -2.18. The van der Waals surface area contributed by atoms with Crippen LogP contribution >= 0.6 is 15.9 Å². The summed E-state index contributed by atoms with van der Waals surface area (Å²) < 4.78 is 1.08. The first-order chi connectivity index (χ1) is 6.25. The van der Waals surface area contributed by atoms with Crippen molar-refractivity contribution in [1.29, 1.82) is 5.26 Å². The highest BCUT2D eigenvalue weighted by Crippen LogP contribution is 2.22. The Morgan fingerprint density at radius 2 is 2.23 bits per heavy atom. The van der Waals surface area contributed by atoms with E-state index in [2.05, 4.69) is 27.3 Å². The Morgan fingerprint density at radius 3 is 2.85 bits per heavy atom. The van der Waals surface area contributed by atoms with Crippen LogP contribution in [0.5, 0.6) is 0 Å². The van der Waals surface area contributed by atoms with Crippen LogP contribution in [-0.2, 0) is 0 Å². The maximum absolute atomic E-state index is 8.41. The second-order valence-electron chi connectivity index (χ2n) is 2.78. The highest BCUT2D eigenvalue weighted by molar-refractivity contribution is 9.10. The second-order valence-corrected chi connectivity index (χ2v) is 3.64.